The van der Waals surface area contributed by atoms with Crippen molar-refractivity contribution in [3.63, 3.8) is 0 Å². The molecule has 0 saturated carbocycles. The molecule has 1 aromatic rings. The van der Waals surface area contributed by atoms with Crippen molar-refractivity contribution in [2.75, 3.05) is 20.1 Å². The average Bonchev–Trinajstić information content (AvgIpc) is 2.24. The second kappa shape index (κ2) is 5.01. The highest BCUT2D eigenvalue weighted by atomic mass is 32.2. The minimum atomic E-state index is -4.56. The number of hydrogen-bond donors (Lipinski definition) is 1. The predicted octanol–water partition coefficient (Wildman–Crippen LogP) is 1.61. The number of benzene rings is 1. The van der Waals surface area contributed by atoms with Crippen molar-refractivity contribution < 1.29 is 21.6 Å². The summed E-state index contributed by atoms with van der Waals surface area (Å²) in [4.78, 5) is -0.290. The largest absolute Gasteiger partial charge is 0.416 e. The van der Waals surface area contributed by atoms with Gasteiger partial charge in [0, 0.05) is 26.2 Å². The summed E-state index contributed by atoms with van der Waals surface area (Å²) in [5.41, 5.74) is -1.18. The minimum absolute atomic E-state index is 0.214. The standard InChI is InChI=1S/C12H15F3N2O2S/c1-8-10(12(13,14)15)4-3-5-11(8)20(18,19)17(2)9-6-16-7-9/h3-5,9,16H,6-7H2,1-2H3. The summed E-state index contributed by atoms with van der Waals surface area (Å²) < 4.78 is 64.4. The van der Waals surface area contributed by atoms with Crippen LogP contribution in [0, 0.1) is 6.92 Å². The van der Waals surface area contributed by atoms with Crippen LogP contribution in [0.25, 0.3) is 0 Å². The van der Waals surface area contributed by atoms with Crippen molar-refractivity contribution in [1.82, 2.24) is 9.62 Å². The Morgan fingerprint density at radius 3 is 2.35 bits per heavy atom. The van der Waals surface area contributed by atoms with Gasteiger partial charge >= 0.3 is 6.18 Å². The first-order valence-corrected chi connectivity index (χ1v) is 7.45. The molecule has 1 aliphatic heterocycles. The van der Waals surface area contributed by atoms with Gasteiger partial charge in [0.15, 0.2) is 0 Å². The first kappa shape index (κ1) is 15.3. The Morgan fingerprint density at radius 1 is 1.30 bits per heavy atom. The van der Waals surface area contributed by atoms with Gasteiger partial charge in [-0.1, -0.05) is 6.07 Å². The molecule has 8 heteroatoms. The van der Waals surface area contributed by atoms with E-state index in [2.05, 4.69) is 5.32 Å². The molecule has 4 nitrogen and oxygen atoms in total. The molecule has 0 radical (unpaired) electrons. The Labute approximate surface area is 115 Å². The zero-order chi connectivity index (χ0) is 15.1. The Kier molecular flexibility index (Phi) is 3.83. The zero-order valence-electron chi connectivity index (χ0n) is 11.0. The molecule has 0 aromatic heterocycles. The van der Waals surface area contributed by atoms with Crippen LogP contribution in [0.3, 0.4) is 0 Å². The van der Waals surface area contributed by atoms with Gasteiger partial charge in [-0.05, 0) is 24.6 Å². The summed E-state index contributed by atoms with van der Waals surface area (Å²) in [6.45, 7) is 2.20. The molecule has 20 heavy (non-hydrogen) atoms. The van der Waals surface area contributed by atoms with Gasteiger partial charge < -0.3 is 5.32 Å². The summed E-state index contributed by atoms with van der Waals surface area (Å²) in [5.74, 6) is 0. The van der Waals surface area contributed by atoms with Crippen LogP contribution in [-0.2, 0) is 16.2 Å². The summed E-state index contributed by atoms with van der Waals surface area (Å²) in [6, 6.07) is 3.01. The van der Waals surface area contributed by atoms with Crippen LogP contribution in [0.2, 0.25) is 0 Å². The Hall–Kier alpha value is -1.12. The summed E-state index contributed by atoms with van der Waals surface area (Å²) in [7, 11) is -2.53. The third kappa shape index (κ3) is 2.55. The van der Waals surface area contributed by atoms with E-state index in [-0.39, 0.29) is 16.5 Å². The number of halogens is 3. The first-order chi connectivity index (χ1) is 9.15. The van der Waals surface area contributed by atoms with Crippen molar-refractivity contribution >= 4 is 10.0 Å². The second-order valence-electron chi connectivity index (χ2n) is 4.76. The Morgan fingerprint density at radius 2 is 1.90 bits per heavy atom. The highest BCUT2D eigenvalue weighted by Gasteiger charge is 2.37. The molecule has 0 bridgehead atoms. The monoisotopic (exact) mass is 308 g/mol. The highest BCUT2D eigenvalue weighted by Crippen LogP contribution is 2.35. The molecule has 1 fully saturated rings. The van der Waals surface area contributed by atoms with E-state index in [1.807, 2.05) is 0 Å². The molecule has 1 aromatic carbocycles. The van der Waals surface area contributed by atoms with Crippen molar-refractivity contribution in [3.8, 4) is 0 Å². The van der Waals surface area contributed by atoms with Crippen molar-refractivity contribution in [1.29, 1.82) is 0 Å². The SMILES string of the molecule is Cc1c(C(F)(F)F)cccc1S(=O)(=O)N(C)C1CNC1. The van der Waals surface area contributed by atoms with E-state index >= 15 is 0 Å². The van der Waals surface area contributed by atoms with E-state index in [4.69, 9.17) is 0 Å². The molecule has 0 unspecified atom stereocenters. The summed E-state index contributed by atoms with van der Waals surface area (Å²) in [5, 5.41) is 2.93. The second-order valence-corrected chi connectivity index (χ2v) is 6.73. The third-order valence-electron chi connectivity index (χ3n) is 3.52. The van der Waals surface area contributed by atoms with E-state index < -0.39 is 21.8 Å². The molecule has 1 saturated heterocycles. The van der Waals surface area contributed by atoms with Gasteiger partial charge in [-0.2, -0.15) is 17.5 Å². The number of likely N-dealkylation sites (N-methyl/N-ethyl adjacent to an activating group) is 1. The molecule has 0 amide bonds. The third-order valence-corrected chi connectivity index (χ3v) is 5.58. The quantitative estimate of drug-likeness (QED) is 0.923. The number of rotatable bonds is 3. The van der Waals surface area contributed by atoms with Gasteiger partial charge in [-0.3, -0.25) is 0 Å². The van der Waals surface area contributed by atoms with E-state index in [0.29, 0.717) is 13.1 Å². The molecule has 0 aliphatic carbocycles. The summed E-state index contributed by atoms with van der Waals surface area (Å²) >= 11 is 0. The van der Waals surface area contributed by atoms with Crippen LogP contribution in [0.1, 0.15) is 11.1 Å². The predicted molar refractivity (Wildman–Crippen MR) is 67.8 cm³/mol. The van der Waals surface area contributed by atoms with Crippen molar-refractivity contribution in [2.24, 2.45) is 0 Å². The fourth-order valence-electron chi connectivity index (χ4n) is 2.08. The minimum Gasteiger partial charge on any atom is -0.313 e. The summed E-state index contributed by atoms with van der Waals surface area (Å²) in [6.07, 6.45) is -4.56. The highest BCUT2D eigenvalue weighted by molar-refractivity contribution is 7.89. The fourth-order valence-corrected chi connectivity index (χ4v) is 3.68. The molecular weight excluding hydrogens is 293 g/mol. The smallest absolute Gasteiger partial charge is 0.313 e. The molecule has 112 valence electrons. The number of hydrogen-bond acceptors (Lipinski definition) is 3. The number of nitrogens with one attached hydrogen (secondary N) is 1. The van der Waals surface area contributed by atoms with Gasteiger partial charge in [-0.25, -0.2) is 8.42 Å². The molecule has 1 heterocycles. The molecule has 0 atom stereocenters. The van der Waals surface area contributed by atoms with Crippen LogP contribution < -0.4 is 5.32 Å². The molecule has 1 aliphatic rings. The lowest BCUT2D eigenvalue weighted by Gasteiger charge is -2.35. The van der Waals surface area contributed by atoms with Gasteiger partial charge in [0.05, 0.1) is 10.5 Å². The van der Waals surface area contributed by atoms with Gasteiger partial charge in [0.2, 0.25) is 10.0 Å². The van der Waals surface area contributed by atoms with E-state index in [0.717, 1.165) is 16.4 Å². The molecule has 0 spiro atoms. The lowest BCUT2D eigenvalue weighted by atomic mass is 10.1. The van der Waals surface area contributed by atoms with Crippen LogP contribution in [0.4, 0.5) is 13.2 Å². The first-order valence-electron chi connectivity index (χ1n) is 6.01. The maximum Gasteiger partial charge on any atom is 0.416 e. The lowest BCUT2D eigenvalue weighted by molar-refractivity contribution is -0.138. The van der Waals surface area contributed by atoms with E-state index in [9.17, 15) is 21.6 Å². The van der Waals surface area contributed by atoms with Gasteiger partial charge in [0.1, 0.15) is 0 Å². The van der Waals surface area contributed by atoms with Crippen LogP contribution in [0.15, 0.2) is 23.1 Å². The van der Waals surface area contributed by atoms with Gasteiger partial charge in [-0.15, -0.1) is 0 Å². The molecule has 1 N–H and O–H groups in total. The van der Waals surface area contributed by atoms with Gasteiger partial charge in [0.25, 0.3) is 0 Å². The number of nitrogens with zero attached hydrogens (tertiary/aromatic N) is 1. The van der Waals surface area contributed by atoms with Crippen LogP contribution >= 0.6 is 0 Å². The van der Waals surface area contributed by atoms with Crippen LogP contribution in [0.5, 0.6) is 0 Å². The number of sulfonamides is 1. The Bertz CT molecular complexity index is 610. The van der Waals surface area contributed by atoms with Crippen molar-refractivity contribution in [3.05, 3.63) is 29.3 Å². The maximum absolute atomic E-state index is 12.8. The number of alkyl halides is 3. The topological polar surface area (TPSA) is 49.4 Å². The Balaban J connectivity index is 2.47. The lowest BCUT2D eigenvalue weighted by Crippen LogP contribution is -2.57. The zero-order valence-corrected chi connectivity index (χ0v) is 11.8. The molecular formula is C12H15F3N2O2S. The maximum atomic E-state index is 12.8. The van der Waals surface area contributed by atoms with Crippen LogP contribution in [-0.4, -0.2) is 38.9 Å². The average molecular weight is 308 g/mol. The van der Waals surface area contributed by atoms with E-state index in [1.54, 1.807) is 0 Å². The fraction of sp³-hybridized carbons (Fsp3) is 0.500. The normalized spacial score (nSPS) is 17.3. The van der Waals surface area contributed by atoms with Crippen molar-refractivity contribution in [2.45, 2.75) is 24.0 Å². The van der Waals surface area contributed by atoms with E-state index in [1.165, 1.54) is 20.0 Å². The molecule has 2 rings (SSSR count).